The summed E-state index contributed by atoms with van der Waals surface area (Å²) in [7, 11) is 0. The molecule has 2 aromatic carbocycles. The topological polar surface area (TPSA) is 39.8 Å². The first-order chi connectivity index (χ1) is 11.2. The summed E-state index contributed by atoms with van der Waals surface area (Å²) in [5.41, 5.74) is 6.25. The number of hydrogen-bond acceptors (Lipinski definition) is 1. The summed E-state index contributed by atoms with van der Waals surface area (Å²) in [5, 5.41) is 8.79. The van der Waals surface area contributed by atoms with Crippen LogP contribution in [0.4, 0.5) is 5.69 Å². The maximum atomic E-state index is 5.48. The van der Waals surface area contributed by atoms with Crippen LogP contribution in [0, 0.1) is 6.92 Å². The van der Waals surface area contributed by atoms with Crippen molar-refractivity contribution in [2.75, 3.05) is 5.32 Å². The zero-order valence-electron chi connectivity index (χ0n) is 13.0. The number of aromatic amines is 1. The predicted octanol–water partition coefficient (Wildman–Crippen LogP) is 3.93. The number of aryl methyl sites for hydroxylation is 1. The van der Waals surface area contributed by atoms with Crippen LogP contribution in [0.1, 0.15) is 16.8 Å². The summed E-state index contributed by atoms with van der Waals surface area (Å²) in [6.45, 7) is 2.08. The van der Waals surface area contributed by atoms with E-state index in [1.54, 1.807) is 0 Å². The molecule has 0 fully saturated rings. The van der Waals surface area contributed by atoms with Crippen molar-refractivity contribution in [3.8, 4) is 0 Å². The van der Waals surface area contributed by atoms with E-state index in [0.717, 1.165) is 18.5 Å². The minimum absolute atomic E-state index is 0.352. The molecule has 1 heterocycles. The predicted molar refractivity (Wildman–Crippen MR) is 100 cm³/mol. The van der Waals surface area contributed by atoms with E-state index < -0.39 is 0 Å². The Balaban J connectivity index is 1.44. The van der Waals surface area contributed by atoms with Crippen molar-refractivity contribution in [3.05, 3.63) is 65.4 Å². The molecule has 4 heteroatoms. The number of nitrogens with one attached hydrogen (secondary N) is 3. The molecule has 3 aromatic rings. The van der Waals surface area contributed by atoms with Crippen molar-refractivity contribution in [2.45, 2.75) is 25.8 Å². The fraction of sp³-hybridized carbons (Fsp3) is 0.211. The van der Waals surface area contributed by atoms with Crippen LogP contribution in [0.15, 0.2) is 48.5 Å². The van der Waals surface area contributed by atoms with Gasteiger partial charge in [-0.15, -0.1) is 0 Å². The van der Waals surface area contributed by atoms with Gasteiger partial charge in [0.05, 0.1) is 0 Å². The highest BCUT2D eigenvalue weighted by molar-refractivity contribution is 7.80. The van der Waals surface area contributed by atoms with Crippen LogP contribution in [0.3, 0.4) is 0 Å². The van der Waals surface area contributed by atoms with Gasteiger partial charge in [-0.2, -0.15) is 0 Å². The Morgan fingerprint density at radius 3 is 2.74 bits per heavy atom. The number of thiocarbonyl (C=S) groups is 1. The van der Waals surface area contributed by atoms with E-state index in [9.17, 15) is 0 Å². The average Bonchev–Trinajstić information content (AvgIpc) is 3.06. The normalized spacial score (nSPS) is 16.3. The van der Waals surface area contributed by atoms with Gasteiger partial charge in [-0.25, -0.2) is 0 Å². The fourth-order valence-electron chi connectivity index (χ4n) is 3.39. The third kappa shape index (κ3) is 2.70. The summed E-state index contributed by atoms with van der Waals surface area (Å²) >= 11 is 5.48. The molecule has 23 heavy (non-hydrogen) atoms. The number of para-hydroxylation sites is 2. The number of hydrogen-bond donors (Lipinski definition) is 3. The standard InChI is InChI=1S/C19H19N3S/c1-12-6-2-4-8-16(12)22-19(23)20-13-10-15-14-7-3-5-9-17(14)21-18(15)11-13/h2-9,13,21H,10-11H2,1H3,(H2,20,22,23). The lowest BCUT2D eigenvalue weighted by Gasteiger charge is -2.17. The number of H-pyrrole nitrogens is 1. The highest BCUT2D eigenvalue weighted by atomic mass is 32.1. The van der Waals surface area contributed by atoms with Gasteiger partial charge in [-0.05, 0) is 48.8 Å². The minimum atomic E-state index is 0.352. The van der Waals surface area contributed by atoms with E-state index in [1.807, 2.05) is 18.2 Å². The second-order valence-electron chi connectivity index (χ2n) is 6.15. The minimum Gasteiger partial charge on any atom is -0.359 e. The SMILES string of the molecule is Cc1ccccc1NC(=S)NC1Cc2[nH]c3ccccc3c2C1. The van der Waals surface area contributed by atoms with Gasteiger partial charge in [0.15, 0.2) is 5.11 Å². The van der Waals surface area contributed by atoms with Crippen molar-refractivity contribution in [3.63, 3.8) is 0 Å². The highest BCUT2D eigenvalue weighted by Gasteiger charge is 2.25. The molecule has 1 atom stereocenters. The Morgan fingerprint density at radius 1 is 1.09 bits per heavy atom. The number of fused-ring (bicyclic) bond motifs is 3. The van der Waals surface area contributed by atoms with Crippen molar-refractivity contribution in [1.82, 2.24) is 10.3 Å². The molecule has 116 valence electrons. The number of anilines is 1. The Labute approximate surface area is 141 Å². The van der Waals surface area contributed by atoms with Gasteiger partial charge < -0.3 is 15.6 Å². The second kappa shape index (κ2) is 5.70. The summed E-state index contributed by atoms with van der Waals surface area (Å²) in [4.78, 5) is 3.53. The lowest BCUT2D eigenvalue weighted by atomic mass is 10.1. The molecule has 0 spiro atoms. The van der Waals surface area contributed by atoms with E-state index in [2.05, 4.69) is 52.9 Å². The molecule has 3 N–H and O–H groups in total. The third-order valence-electron chi connectivity index (χ3n) is 4.53. The molecular weight excluding hydrogens is 302 g/mol. The highest BCUT2D eigenvalue weighted by Crippen LogP contribution is 2.30. The summed E-state index contributed by atoms with van der Waals surface area (Å²) < 4.78 is 0. The molecule has 1 aliphatic rings. The van der Waals surface area contributed by atoms with E-state index >= 15 is 0 Å². The lowest BCUT2D eigenvalue weighted by Crippen LogP contribution is -2.38. The van der Waals surface area contributed by atoms with Gasteiger partial charge in [0, 0.05) is 34.7 Å². The molecule has 1 aliphatic carbocycles. The van der Waals surface area contributed by atoms with Gasteiger partial charge in [0.2, 0.25) is 0 Å². The molecule has 0 saturated heterocycles. The zero-order valence-corrected chi connectivity index (χ0v) is 13.8. The summed E-state index contributed by atoms with van der Waals surface area (Å²) in [6, 6.07) is 17.0. The van der Waals surface area contributed by atoms with Crippen LogP contribution in [0.2, 0.25) is 0 Å². The fourth-order valence-corrected chi connectivity index (χ4v) is 3.66. The third-order valence-corrected chi connectivity index (χ3v) is 4.75. The monoisotopic (exact) mass is 321 g/mol. The Hall–Kier alpha value is -2.33. The maximum absolute atomic E-state index is 5.48. The Bertz CT molecular complexity index is 881. The largest absolute Gasteiger partial charge is 0.359 e. The van der Waals surface area contributed by atoms with Crippen LogP contribution in [0.5, 0.6) is 0 Å². The smallest absolute Gasteiger partial charge is 0.171 e. The van der Waals surface area contributed by atoms with E-state index in [1.165, 1.54) is 27.7 Å². The Morgan fingerprint density at radius 2 is 1.87 bits per heavy atom. The molecule has 3 nitrogen and oxygen atoms in total. The molecule has 1 aromatic heterocycles. The quantitative estimate of drug-likeness (QED) is 0.626. The van der Waals surface area contributed by atoms with Gasteiger partial charge >= 0.3 is 0 Å². The first-order valence-corrected chi connectivity index (χ1v) is 8.33. The van der Waals surface area contributed by atoms with E-state index in [0.29, 0.717) is 11.2 Å². The summed E-state index contributed by atoms with van der Waals surface area (Å²) in [6.07, 6.45) is 1.99. The molecule has 0 bridgehead atoms. The van der Waals surface area contributed by atoms with Crippen LogP contribution >= 0.6 is 12.2 Å². The molecule has 0 radical (unpaired) electrons. The van der Waals surface area contributed by atoms with Crippen molar-refractivity contribution in [2.24, 2.45) is 0 Å². The van der Waals surface area contributed by atoms with Gasteiger partial charge in [0.1, 0.15) is 0 Å². The zero-order chi connectivity index (χ0) is 15.8. The molecule has 0 amide bonds. The number of benzene rings is 2. The van der Waals surface area contributed by atoms with Gasteiger partial charge in [-0.3, -0.25) is 0 Å². The molecule has 0 saturated carbocycles. The van der Waals surface area contributed by atoms with Crippen LogP contribution in [0.25, 0.3) is 10.9 Å². The van der Waals surface area contributed by atoms with Crippen LogP contribution in [-0.4, -0.2) is 16.1 Å². The first kappa shape index (κ1) is 14.3. The Kier molecular flexibility index (Phi) is 3.54. The summed E-state index contributed by atoms with van der Waals surface area (Å²) in [5.74, 6) is 0. The van der Waals surface area contributed by atoms with Crippen LogP contribution < -0.4 is 10.6 Å². The lowest BCUT2D eigenvalue weighted by molar-refractivity contribution is 0.644. The van der Waals surface area contributed by atoms with Crippen molar-refractivity contribution < 1.29 is 0 Å². The first-order valence-electron chi connectivity index (χ1n) is 7.92. The van der Waals surface area contributed by atoms with Gasteiger partial charge in [-0.1, -0.05) is 36.4 Å². The average molecular weight is 321 g/mol. The number of rotatable bonds is 2. The maximum Gasteiger partial charge on any atom is 0.171 e. The van der Waals surface area contributed by atoms with Crippen LogP contribution in [-0.2, 0) is 12.8 Å². The van der Waals surface area contributed by atoms with Crippen molar-refractivity contribution >= 4 is 33.9 Å². The van der Waals surface area contributed by atoms with Gasteiger partial charge in [0.25, 0.3) is 0 Å². The van der Waals surface area contributed by atoms with E-state index in [-0.39, 0.29) is 0 Å². The molecule has 4 rings (SSSR count). The van der Waals surface area contributed by atoms with E-state index in [4.69, 9.17) is 12.2 Å². The molecule has 1 unspecified atom stereocenters. The number of aromatic nitrogens is 1. The molecule has 0 aliphatic heterocycles. The molecular formula is C19H19N3S. The second-order valence-corrected chi connectivity index (χ2v) is 6.55. The van der Waals surface area contributed by atoms with Crippen molar-refractivity contribution in [1.29, 1.82) is 0 Å².